The first-order valence-corrected chi connectivity index (χ1v) is 13.6. The van der Waals surface area contributed by atoms with E-state index in [1.54, 1.807) is 19.1 Å². The van der Waals surface area contributed by atoms with Crippen LogP contribution in [-0.2, 0) is 4.79 Å². The van der Waals surface area contributed by atoms with E-state index in [1.807, 2.05) is 13.8 Å². The van der Waals surface area contributed by atoms with E-state index < -0.39 is 5.82 Å². The second kappa shape index (κ2) is 10.7. The Kier molecular flexibility index (Phi) is 7.36. The van der Waals surface area contributed by atoms with Gasteiger partial charge in [0, 0.05) is 24.2 Å². The van der Waals surface area contributed by atoms with E-state index in [0.29, 0.717) is 58.2 Å². The Morgan fingerprint density at radius 2 is 1.92 bits per heavy atom. The van der Waals surface area contributed by atoms with Crippen LogP contribution in [0.5, 0.6) is 5.75 Å². The van der Waals surface area contributed by atoms with Gasteiger partial charge in [0.15, 0.2) is 0 Å². The highest BCUT2D eigenvalue weighted by Crippen LogP contribution is 2.39. The van der Waals surface area contributed by atoms with Crippen LogP contribution in [0.2, 0.25) is 0 Å². The van der Waals surface area contributed by atoms with Gasteiger partial charge in [-0.2, -0.15) is 0 Å². The monoisotopic (exact) mass is 521 g/mol. The molecule has 0 saturated heterocycles. The molecule has 0 aliphatic heterocycles. The van der Waals surface area contributed by atoms with Gasteiger partial charge in [0.1, 0.15) is 29.1 Å². The lowest BCUT2D eigenvalue weighted by atomic mass is 9.82. The molecule has 3 N–H and O–H groups in total. The minimum atomic E-state index is -0.391. The maximum Gasteiger partial charge on any atom is 0.255 e. The standard InChI is InChI=1S/C29H36FN5O3/c1-5-22(36)35-20-10-9-19(12-16(20)3)34-29(37)23-17(4)33-28-26(23)31-14-32-27(28)24-21(38-13-18-7-8-18)11-6-15(2)25(24)30/h6,11,14,16,18-20,33H,5,7-10,12-13H2,1-4H3,(H,34,37)(H,35,36)/t16-,19+,20-/m1/s1. The molecule has 1 aromatic carbocycles. The Balaban J connectivity index is 1.41. The molecule has 0 spiro atoms. The van der Waals surface area contributed by atoms with Gasteiger partial charge in [0.25, 0.3) is 5.91 Å². The van der Waals surface area contributed by atoms with Crippen LogP contribution in [0.25, 0.3) is 22.3 Å². The Hall–Kier alpha value is -3.49. The molecular formula is C29H36FN5O3. The molecule has 2 fully saturated rings. The minimum absolute atomic E-state index is 0.00502. The zero-order chi connectivity index (χ0) is 27.0. The van der Waals surface area contributed by atoms with E-state index in [4.69, 9.17) is 4.74 Å². The van der Waals surface area contributed by atoms with E-state index in [9.17, 15) is 9.59 Å². The molecule has 0 radical (unpaired) electrons. The average molecular weight is 522 g/mol. The number of rotatable bonds is 8. The van der Waals surface area contributed by atoms with Crippen molar-refractivity contribution >= 4 is 22.8 Å². The average Bonchev–Trinajstić information content (AvgIpc) is 3.66. The molecule has 8 nitrogen and oxygen atoms in total. The van der Waals surface area contributed by atoms with Crippen molar-refractivity contribution in [2.75, 3.05) is 6.61 Å². The maximum atomic E-state index is 15.5. The number of aromatic nitrogens is 3. The number of H-pyrrole nitrogens is 1. The maximum absolute atomic E-state index is 15.5. The predicted molar refractivity (Wildman–Crippen MR) is 143 cm³/mol. The normalized spacial score (nSPS) is 21.3. The van der Waals surface area contributed by atoms with Crippen molar-refractivity contribution in [2.45, 2.75) is 78.3 Å². The number of carbonyl (C=O) groups is 2. The summed E-state index contributed by atoms with van der Waals surface area (Å²) in [5.74, 6) is 0.654. The number of carbonyl (C=O) groups excluding carboxylic acids is 2. The van der Waals surface area contributed by atoms with Crippen molar-refractivity contribution in [2.24, 2.45) is 11.8 Å². The summed E-state index contributed by atoms with van der Waals surface area (Å²) in [7, 11) is 0. The lowest BCUT2D eigenvalue weighted by molar-refractivity contribution is -0.122. The fourth-order valence-electron chi connectivity index (χ4n) is 5.39. The molecule has 0 bridgehead atoms. The van der Waals surface area contributed by atoms with Gasteiger partial charge in [-0.05, 0) is 69.4 Å². The Morgan fingerprint density at radius 1 is 1.13 bits per heavy atom. The molecule has 3 aromatic rings. The number of amides is 2. The number of benzene rings is 1. The first-order chi connectivity index (χ1) is 18.3. The quantitative estimate of drug-likeness (QED) is 0.387. The van der Waals surface area contributed by atoms with Crippen LogP contribution in [0, 0.1) is 31.5 Å². The van der Waals surface area contributed by atoms with Gasteiger partial charge in [-0.3, -0.25) is 9.59 Å². The van der Waals surface area contributed by atoms with Crippen molar-refractivity contribution in [3.63, 3.8) is 0 Å². The molecule has 202 valence electrons. The predicted octanol–water partition coefficient (Wildman–Crippen LogP) is 4.98. The first-order valence-electron chi connectivity index (χ1n) is 13.6. The Morgan fingerprint density at radius 3 is 2.63 bits per heavy atom. The fraction of sp³-hybridized carbons (Fsp3) is 0.517. The molecule has 3 atom stereocenters. The minimum Gasteiger partial charge on any atom is -0.492 e. The number of hydrogen-bond acceptors (Lipinski definition) is 5. The molecule has 2 aliphatic rings. The van der Waals surface area contributed by atoms with Crippen molar-refractivity contribution in [3.05, 3.63) is 41.1 Å². The van der Waals surface area contributed by atoms with Gasteiger partial charge in [-0.15, -0.1) is 0 Å². The second-order valence-corrected chi connectivity index (χ2v) is 10.9. The van der Waals surface area contributed by atoms with E-state index in [-0.39, 0.29) is 35.4 Å². The van der Waals surface area contributed by atoms with Gasteiger partial charge in [0.2, 0.25) is 5.91 Å². The summed E-state index contributed by atoms with van der Waals surface area (Å²) in [5.41, 5.74) is 3.20. The summed E-state index contributed by atoms with van der Waals surface area (Å²) >= 11 is 0. The van der Waals surface area contributed by atoms with E-state index in [1.165, 1.54) is 6.33 Å². The molecular weight excluding hydrogens is 485 g/mol. The lowest BCUT2D eigenvalue weighted by Gasteiger charge is -2.35. The highest BCUT2D eigenvalue weighted by atomic mass is 19.1. The van der Waals surface area contributed by atoms with Crippen LogP contribution in [0.3, 0.4) is 0 Å². The van der Waals surface area contributed by atoms with E-state index in [0.717, 1.165) is 32.1 Å². The topological polar surface area (TPSA) is 109 Å². The van der Waals surface area contributed by atoms with Gasteiger partial charge in [-0.1, -0.05) is 19.9 Å². The summed E-state index contributed by atoms with van der Waals surface area (Å²) < 4.78 is 21.5. The second-order valence-electron chi connectivity index (χ2n) is 10.9. The van der Waals surface area contributed by atoms with Gasteiger partial charge >= 0.3 is 0 Å². The van der Waals surface area contributed by atoms with Crippen LogP contribution in [0.1, 0.15) is 74.0 Å². The fourth-order valence-corrected chi connectivity index (χ4v) is 5.39. The zero-order valence-corrected chi connectivity index (χ0v) is 22.5. The lowest BCUT2D eigenvalue weighted by Crippen LogP contribution is -2.48. The van der Waals surface area contributed by atoms with E-state index in [2.05, 4.69) is 32.5 Å². The number of hydrogen-bond donors (Lipinski definition) is 3. The summed E-state index contributed by atoms with van der Waals surface area (Å²) in [6.45, 7) is 8.03. The molecule has 5 rings (SSSR count). The highest BCUT2D eigenvalue weighted by molar-refractivity contribution is 6.09. The van der Waals surface area contributed by atoms with Crippen molar-refractivity contribution in [1.29, 1.82) is 0 Å². The Labute approximate surface area is 222 Å². The van der Waals surface area contributed by atoms with Crippen LogP contribution in [0.4, 0.5) is 4.39 Å². The number of aryl methyl sites for hydroxylation is 2. The first kappa shape index (κ1) is 26.1. The van der Waals surface area contributed by atoms with Crippen molar-refractivity contribution in [3.8, 4) is 17.0 Å². The number of fused-ring (bicyclic) bond motifs is 1. The molecule has 2 amide bonds. The number of ether oxygens (including phenoxy) is 1. The largest absolute Gasteiger partial charge is 0.492 e. The van der Waals surface area contributed by atoms with Crippen LogP contribution in [-0.4, -0.2) is 45.5 Å². The number of halogens is 1. The molecule has 2 saturated carbocycles. The van der Waals surface area contributed by atoms with Gasteiger partial charge in [0.05, 0.1) is 23.3 Å². The third-order valence-electron chi connectivity index (χ3n) is 7.88. The zero-order valence-electron chi connectivity index (χ0n) is 22.5. The molecule has 2 aromatic heterocycles. The Bertz CT molecular complexity index is 1370. The summed E-state index contributed by atoms with van der Waals surface area (Å²) in [4.78, 5) is 37.4. The molecule has 2 aliphatic carbocycles. The highest BCUT2D eigenvalue weighted by Gasteiger charge is 2.31. The molecule has 9 heteroatoms. The van der Waals surface area contributed by atoms with Crippen LogP contribution < -0.4 is 15.4 Å². The van der Waals surface area contributed by atoms with Crippen LogP contribution in [0.15, 0.2) is 18.5 Å². The summed E-state index contributed by atoms with van der Waals surface area (Å²) in [6.07, 6.45) is 6.46. The van der Waals surface area contributed by atoms with Crippen molar-refractivity contribution < 1.29 is 18.7 Å². The van der Waals surface area contributed by atoms with Gasteiger partial charge in [-0.25, -0.2) is 14.4 Å². The summed E-state index contributed by atoms with van der Waals surface area (Å²) in [6, 6.07) is 3.62. The van der Waals surface area contributed by atoms with Crippen molar-refractivity contribution in [1.82, 2.24) is 25.6 Å². The molecule has 38 heavy (non-hydrogen) atoms. The van der Waals surface area contributed by atoms with E-state index >= 15 is 4.39 Å². The number of nitrogens with zero attached hydrogens (tertiary/aromatic N) is 2. The molecule has 0 unspecified atom stereocenters. The molecule has 2 heterocycles. The van der Waals surface area contributed by atoms with Crippen LogP contribution >= 0.6 is 0 Å². The third-order valence-corrected chi connectivity index (χ3v) is 7.88. The van der Waals surface area contributed by atoms with Gasteiger partial charge < -0.3 is 20.4 Å². The number of nitrogens with one attached hydrogen (secondary N) is 3. The third kappa shape index (κ3) is 5.24. The summed E-state index contributed by atoms with van der Waals surface area (Å²) in [5, 5.41) is 6.26. The SMILES string of the molecule is CCC(=O)N[C@@H]1CC[C@H](NC(=O)c2c(C)[nH]c3c(-c4c(OCC5CC5)ccc(C)c4F)ncnc23)C[C@H]1C. The number of aromatic amines is 1. The smallest absolute Gasteiger partial charge is 0.255 e.